The van der Waals surface area contributed by atoms with Crippen LogP contribution in [-0.2, 0) is 29.7 Å². The highest BCUT2D eigenvalue weighted by atomic mass is 32.2. The molecule has 0 bridgehead atoms. The lowest BCUT2D eigenvalue weighted by Crippen LogP contribution is -2.34. The van der Waals surface area contributed by atoms with Gasteiger partial charge in [0.25, 0.3) is 0 Å². The monoisotopic (exact) mass is 366 g/mol. The number of nitrogens with zero attached hydrogens (tertiary/aromatic N) is 3. The molecule has 1 N–H and O–H groups in total. The average molecular weight is 366 g/mol. The standard InChI is InChI=1S/C17H26N4O3S/c1-13(17-5-4-14(2)24-17)6-7-20-8-9-21-16(12-20)10-15(19-21)11-18-25(3,22)23/h4-5,10,13,18H,6-9,11-12H2,1-3H3/t13-/m0/s1. The normalized spacial score (nSPS) is 16.8. The molecule has 0 saturated heterocycles. The summed E-state index contributed by atoms with van der Waals surface area (Å²) >= 11 is 0. The van der Waals surface area contributed by atoms with Gasteiger partial charge in [-0.15, -0.1) is 0 Å². The molecule has 1 aliphatic heterocycles. The van der Waals surface area contributed by atoms with Crippen molar-refractivity contribution in [2.75, 3.05) is 19.3 Å². The van der Waals surface area contributed by atoms with Gasteiger partial charge in [0.1, 0.15) is 11.5 Å². The van der Waals surface area contributed by atoms with Crippen molar-refractivity contribution < 1.29 is 12.8 Å². The smallest absolute Gasteiger partial charge is 0.209 e. The molecule has 0 spiro atoms. The molecule has 2 aromatic heterocycles. The van der Waals surface area contributed by atoms with Crippen molar-refractivity contribution in [3.63, 3.8) is 0 Å². The fraction of sp³-hybridized carbons (Fsp3) is 0.588. The molecule has 0 unspecified atom stereocenters. The predicted molar refractivity (Wildman–Crippen MR) is 95.7 cm³/mol. The summed E-state index contributed by atoms with van der Waals surface area (Å²) in [6.07, 6.45) is 2.20. The van der Waals surface area contributed by atoms with Crippen LogP contribution in [0.3, 0.4) is 0 Å². The number of fused-ring (bicyclic) bond motifs is 1. The number of sulfonamides is 1. The van der Waals surface area contributed by atoms with Crippen LogP contribution in [0.15, 0.2) is 22.6 Å². The van der Waals surface area contributed by atoms with Crippen LogP contribution in [-0.4, -0.2) is 42.4 Å². The van der Waals surface area contributed by atoms with E-state index in [1.165, 1.54) is 0 Å². The van der Waals surface area contributed by atoms with Gasteiger partial charge in [-0.25, -0.2) is 13.1 Å². The quantitative estimate of drug-likeness (QED) is 0.809. The largest absolute Gasteiger partial charge is 0.466 e. The van der Waals surface area contributed by atoms with E-state index in [0.717, 1.165) is 61.8 Å². The second kappa shape index (κ2) is 7.31. The van der Waals surface area contributed by atoms with Gasteiger partial charge in [-0.1, -0.05) is 6.92 Å². The van der Waals surface area contributed by atoms with E-state index in [4.69, 9.17) is 4.42 Å². The Kier molecular flexibility index (Phi) is 5.31. The molecule has 0 aliphatic carbocycles. The zero-order valence-corrected chi connectivity index (χ0v) is 15.8. The first-order valence-corrected chi connectivity index (χ1v) is 10.5. The average Bonchev–Trinajstić information content (AvgIpc) is 3.15. The Hall–Kier alpha value is -1.64. The molecule has 0 radical (unpaired) electrons. The maximum atomic E-state index is 11.2. The van der Waals surface area contributed by atoms with E-state index in [1.54, 1.807) is 0 Å². The number of hydrogen-bond acceptors (Lipinski definition) is 5. The van der Waals surface area contributed by atoms with Gasteiger partial charge in [-0.05, 0) is 38.1 Å². The summed E-state index contributed by atoms with van der Waals surface area (Å²) < 4.78 is 32.6. The van der Waals surface area contributed by atoms with Crippen LogP contribution in [0.2, 0.25) is 0 Å². The van der Waals surface area contributed by atoms with Gasteiger partial charge < -0.3 is 4.42 Å². The number of hydrogen-bond donors (Lipinski definition) is 1. The van der Waals surface area contributed by atoms with E-state index in [2.05, 4.69) is 27.7 Å². The molecule has 3 heterocycles. The third-order valence-corrected chi connectivity index (χ3v) is 5.24. The van der Waals surface area contributed by atoms with Crippen molar-refractivity contribution >= 4 is 10.0 Å². The van der Waals surface area contributed by atoms with Crippen molar-refractivity contribution in [2.45, 2.75) is 45.8 Å². The van der Waals surface area contributed by atoms with E-state index in [-0.39, 0.29) is 6.54 Å². The zero-order chi connectivity index (χ0) is 18.0. The van der Waals surface area contributed by atoms with E-state index >= 15 is 0 Å². The summed E-state index contributed by atoms with van der Waals surface area (Å²) in [6.45, 7) is 8.05. The van der Waals surface area contributed by atoms with Crippen LogP contribution < -0.4 is 4.72 Å². The topological polar surface area (TPSA) is 80.4 Å². The van der Waals surface area contributed by atoms with Gasteiger partial charge in [0.05, 0.1) is 30.7 Å². The third-order valence-electron chi connectivity index (χ3n) is 4.57. The highest BCUT2D eigenvalue weighted by molar-refractivity contribution is 7.88. The Labute approximate surface area is 149 Å². The van der Waals surface area contributed by atoms with Gasteiger partial charge in [-0.3, -0.25) is 9.58 Å². The van der Waals surface area contributed by atoms with Crippen LogP contribution in [0, 0.1) is 6.92 Å². The lowest BCUT2D eigenvalue weighted by molar-refractivity contribution is 0.204. The van der Waals surface area contributed by atoms with Crippen LogP contribution in [0.5, 0.6) is 0 Å². The molecule has 1 aliphatic rings. The molecular formula is C17H26N4O3S. The Morgan fingerprint density at radius 2 is 2.16 bits per heavy atom. The maximum Gasteiger partial charge on any atom is 0.209 e. The first-order chi connectivity index (χ1) is 11.8. The molecule has 138 valence electrons. The summed E-state index contributed by atoms with van der Waals surface area (Å²) in [6, 6.07) is 6.06. The minimum atomic E-state index is -3.20. The van der Waals surface area contributed by atoms with Gasteiger partial charge >= 0.3 is 0 Å². The van der Waals surface area contributed by atoms with Crippen LogP contribution in [0.25, 0.3) is 0 Å². The Balaban J connectivity index is 1.53. The van der Waals surface area contributed by atoms with Crippen LogP contribution in [0.1, 0.15) is 42.2 Å². The fourth-order valence-electron chi connectivity index (χ4n) is 3.10. The van der Waals surface area contributed by atoms with Crippen molar-refractivity contribution in [3.8, 4) is 0 Å². The molecule has 2 aromatic rings. The second-order valence-corrected chi connectivity index (χ2v) is 8.69. The second-order valence-electron chi connectivity index (χ2n) is 6.86. The van der Waals surface area contributed by atoms with Crippen LogP contribution in [0.4, 0.5) is 0 Å². The summed E-state index contributed by atoms with van der Waals surface area (Å²) in [4.78, 5) is 2.41. The molecule has 3 rings (SSSR count). The molecule has 0 fully saturated rings. The van der Waals surface area contributed by atoms with E-state index in [0.29, 0.717) is 5.92 Å². The highest BCUT2D eigenvalue weighted by Gasteiger charge is 2.20. The van der Waals surface area contributed by atoms with Gasteiger partial charge in [0.15, 0.2) is 0 Å². The predicted octanol–water partition coefficient (Wildman–Crippen LogP) is 1.84. The molecule has 1 atom stereocenters. The summed E-state index contributed by atoms with van der Waals surface area (Å²) in [7, 11) is -3.20. The molecule has 7 nitrogen and oxygen atoms in total. The lowest BCUT2D eigenvalue weighted by atomic mass is 10.0. The molecule has 25 heavy (non-hydrogen) atoms. The van der Waals surface area contributed by atoms with Crippen molar-refractivity contribution in [1.29, 1.82) is 0 Å². The summed E-state index contributed by atoms with van der Waals surface area (Å²) in [5.74, 6) is 2.41. The van der Waals surface area contributed by atoms with Gasteiger partial charge in [0, 0.05) is 19.0 Å². The Morgan fingerprint density at radius 1 is 1.36 bits per heavy atom. The zero-order valence-electron chi connectivity index (χ0n) is 15.0. The fourth-order valence-corrected chi connectivity index (χ4v) is 3.51. The minimum Gasteiger partial charge on any atom is -0.466 e. The minimum absolute atomic E-state index is 0.244. The number of aryl methyl sites for hydroxylation is 1. The van der Waals surface area contributed by atoms with Crippen LogP contribution >= 0.6 is 0 Å². The SMILES string of the molecule is Cc1ccc([C@@H](C)CCN2CCn3nc(CNS(C)(=O)=O)cc3C2)o1. The molecule has 8 heteroatoms. The number of nitrogens with one attached hydrogen (secondary N) is 1. The van der Waals surface area contributed by atoms with E-state index in [1.807, 2.05) is 23.7 Å². The number of aromatic nitrogens is 2. The lowest BCUT2D eigenvalue weighted by Gasteiger charge is -2.28. The van der Waals surface area contributed by atoms with Gasteiger partial charge in [0.2, 0.25) is 10.0 Å². The Morgan fingerprint density at radius 3 is 2.84 bits per heavy atom. The molecule has 0 aromatic carbocycles. The van der Waals surface area contributed by atoms with Crippen molar-refractivity contribution in [3.05, 3.63) is 41.1 Å². The van der Waals surface area contributed by atoms with Crippen molar-refractivity contribution in [1.82, 2.24) is 19.4 Å². The van der Waals surface area contributed by atoms with Crippen molar-refractivity contribution in [2.24, 2.45) is 0 Å². The Bertz CT molecular complexity index is 825. The van der Waals surface area contributed by atoms with Gasteiger partial charge in [-0.2, -0.15) is 5.10 Å². The number of furan rings is 1. The van der Waals surface area contributed by atoms with E-state index in [9.17, 15) is 8.42 Å². The number of rotatable bonds is 7. The first-order valence-electron chi connectivity index (χ1n) is 8.59. The highest BCUT2D eigenvalue weighted by Crippen LogP contribution is 2.23. The molecule has 0 saturated carbocycles. The first kappa shape index (κ1) is 18.2. The summed E-state index contributed by atoms with van der Waals surface area (Å²) in [5, 5.41) is 4.48. The van der Waals surface area contributed by atoms with E-state index < -0.39 is 10.0 Å². The molecular weight excluding hydrogens is 340 g/mol. The maximum absolute atomic E-state index is 11.2. The molecule has 0 amide bonds. The third kappa shape index (κ3) is 4.93. The summed E-state index contributed by atoms with van der Waals surface area (Å²) in [5.41, 5.74) is 1.90.